The van der Waals surface area contributed by atoms with E-state index in [-0.39, 0.29) is 12.0 Å². The highest BCUT2D eigenvalue weighted by Crippen LogP contribution is 2.08. The van der Waals surface area contributed by atoms with Crippen LogP contribution in [0, 0.1) is 5.92 Å². The van der Waals surface area contributed by atoms with E-state index in [2.05, 4.69) is 39.8 Å². The molecule has 0 aliphatic heterocycles. The highest BCUT2D eigenvalue weighted by atomic mass is 16.6. The van der Waals surface area contributed by atoms with Crippen LogP contribution in [0.15, 0.2) is 29.4 Å². The summed E-state index contributed by atoms with van der Waals surface area (Å²) < 4.78 is 5.33. The molecule has 0 aromatic carbocycles. The van der Waals surface area contributed by atoms with Gasteiger partial charge in [0.15, 0.2) is 5.96 Å². The molecule has 1 heterocycles. The number of nitrogens with zero attached hydrogens (tertiary/aromatic N) is 2. The molecule has 0 aliphatic rings. The summed E-state index contributed by atoms with van der Waals surface area (Å²) in [5, 5.41) is 9.43. The summed E-state index contributed by atoms with van der Waals surface area (Å²) in [7, 11) is 1.72. The first-order valence-corrected chi connectivity index (χ1v) is 9.05. The second-order valence-electron chi connectivity index (χ2n) is 7.45. The molecule has 1 aromatic heterocycles. The summed E-state index contributed by atoms with van der Waals surface area (Å²) in [4.78, 5) is 20.5. The number of nitrogens with one attached hydrogen (secondary N) is 3. The first-order chi connectivity index (χ1) is 12.2. The molecule has 1 atom stereocenters. The lowest BCUT2D eigenvalue weighted by Gasteiger charge is -2.26. The average Bonchev–Trinajstić information content (AvgIpc) is 2.55. The Morgan fingerprint density at radius 2 is 2.00 bits per heavy atom. The van der Waals surface area contributed by atoms with Crippen LogP contribution in [-0.4, -0.2) is 48.8 Å². The number of carbonyl (C=O) groups excluding carboxylic acids is 1. The van der Waals surface area contributed by atoms with Gasteiger partial charge >= 0.3 is 6.09 Å². The summed E-state index contributed by atoms with van der Waals surface area (Å²) in [6.07, 6.45) is 2.19. The first kappa shape index (κ1) is 21.7. The molecule has 146 valence electrons. The zero-order valence-corrected chi connectivity index (χ0v) is 16.8. The van der Waals surface area contributed by atoms with Crippen LogP contribution in [0.2, 0.25) is 0 Å². The Balaban J connectivity index is 2.43. The van der Waals surface area contributed by atoms with Gasteiger partial charge in [0.25, 0.3) is 0 Å². The maximum absolute atomic E-state index is 12.0. The van der Waals surface area contributed by atoms with E-state index >= 15 is 0 Å². The first-order valence-electron chi connectivity index (χ1n) is 9.05. The van der Waals surface area contributed by atoms with Crippen molar-refractivity contribution in [2.24, 2.45) is 10.9 Å². The summed E-state index contributed by atoms with van der Waals surface area (Å²) >= 11 is 0. The molecular formula is C19H33N5O2. The number of pyridine rings is 1. The standard InChI is InChI=1S/C19H33N5O2/c1-14(2)16(24-18(25)26-19(3,4)5)13-23-17(20-6)22-12-10-15-9-7-8-11-21-15/h7-9,11,14,16H,10,12-13H2,1-6H3,(H,24,25)(H2,20,22,23). The minimum atomic E-state index is -0.512. The number of amides is 1. The molecule has 7 nitrogen and oxygen atoms in total. The quantitative estimate of drug-likeness (QED) is 0.511. The fourth-order valence-corrected chi connectivity index (χ4v) is 2.19. The summed E-state index contributed by atoms with van der Waals surface area (Å²) in [5.74, 6) is 0.944. The molecule has 0 fully saturated rings. The van der Waals surface area contributed by atoms with Crippen LogP contribution in [0.1, 0.15) is 40.3 Å². The summed E-state index contributed by atoms with van der Waals surface area (Å²) in [5.41, 5.74) is 0.518. The van der Waals surface area contributed by atoms with Crippen molar-refractivity contribution in [2.45, 2.75) is 52.7 Å². The van der Waals surface area contributed by atoms with Gasteiger partial charge in [0.1, 0.15) is 5.60 Å². The Bertz CT molecular complexity index is 567. The summed E-state index contributed by atoms with van der Waals surface area (Å²) in [6, 6.07) is 5.81. The normalized spacial score (nSPS) is 13.3. The van der Waals surface area contributed by atoms with E-state index in [1.54, 1.807) is 13.2 Å². The third-order valence-electron chi connectivity index (χ3n) is 3.62. The van der Waals surface area contributed by atoms with Crippen molar-refractivity contribution in [3.8, 4) is 0 Å². The summed E-state index contributed by atoms with van der Waals surface area (Å²) in [6.45, 7) is 10.9. The number of guanidine groups is 1. The average molecular weight is 364 g/mol. The molecule has 1 unspecified atom stereocenters. The van der Waals surface area contributed by atoms with Gasteiger partial charge in [0, 0.05) is 38.4 Å². The van der Waals surface area contributed by atoms with Gasteiger partial charge in [-0.1, -0.05) is 19.9 Å². The highest BCUT2D eigenvalue weighted by Gasteiger charge is 2.21. The maximum Gasteiger partial charge on any atom is 0.407 e. The number of ether oxygens (including phenoxy) is 1. The van der Waals surface area contributed by atoms with Gasteiger partial charge in [0.05, 0.1) is 6.04 Å². The van der Waals surface area contributed by atoms with Gasteiger partial charge < -0.3 is 20.7 Å². The van der Waals surface area contributed by atoms with Gasteiger partial charge in [-0.2, -0.15) is 0 Å². The molecule has 0 radical (unpaired) electrons. The van der Waals surface area contributed by atoms with E-state index < -0.39 is 11.7 Å². The van der Waals surface area contributed by atoms with Crippen molar-refractivity contribution in [2.75, 3.05) is 20.1 Å². The molecule has 1 aromatic rings. The zero-order valence-electron chi connectivity index (χ0n) is 16.8. The van der Waals surface area contributed by atoms with Crippen LogP contribution in [-0.2, 0) is 11.2 Å². The Morgan fingerprint density at radius 1 is 1.27 bits per heavy atom. The number of aromatic nitrogens is 1. The van der Waals surface area contributed by atoms with Crippen LogP contribution < -0.4 is 16.0 Å². The zero-order chi connectivity index (χ0) is 19.6. The molecule has 0 bridgehead atoms. The van der Waals surface area contributed by atoms with Crippen LogP contribution >= 0.6 is 0 Å². The molecule has 0 aliphatic carbocycles. The lowest BCUT2D eigenvalue weighted by atomic mass is 10.0. The second kappa shape index (κ2) is 10.6. The second-order valence-corrected chi connectivity index (χ2v) is 7.45. The van der Waals surface area contributed by atoms with E-state index in [0.29, 0.717) is 12.5 Å². The molecule has 0 spiro atoms. The molecule has 3 N–H and O–H groups in total. The van der Waals surface area contributed by atoms with Crippen LogP contribution in [0.3, 0.4) is 0 Å². The van der Waals surface area contributed by atoms with Gasteiger partial charge in [0.2, 0.25) is 0 Å². The largest absolute Gasteiger partial charge is 0.444 e. The Labute approximate surface area is 157 Å². The molecule has 7 heteroatoms. The molecular weight excluding hydrogens is 330 g/mol. The monoisotopic (exact) mass is 363 g/mol. The van der Waals surface area contributed by atoms with Crippen LogP contribution in [0.5, 0.6) is 0 Å². The number of alkyl carbamates (subject to hydrolysis) is 1. The fraction of sp³-hybridized carbons (Fsp3) is 0.632. The van der Waals surface area contributed by atoms with Crippen LogP contribution in [0.4, 0.5) is 4.79 Å². The maximum atomic E-state index is 12.0. The van der Waals surface area contributed by atoms with Gasteiger partial charge in [-0.05, 0) is 38.8 Å². The Hall–Kier alpha value is -2.31. The lowest BCUT2D eigenvalue weighted by Crippen LogP contribution is -2.50. The molecule has 1 amide bonds. The van der Waals surface area contributed by atoms with Crippen molar-refractivity contribution < 1.29 is 9.53 Å². The topological polar surface area (TPSA) is 87.6 Å². The van der Waals surface area contributed by atoms with Gasteiger partial charge in [-0.3, -0.25) is 9.98 Å². The SMILES string of the molecule is CN=C(NCCc1ccccn1)NCC(NC(=O)OC(C)(C)C)C(C)C. The highest BCUT2D eigenvalue weighted by molar-refractivity contribution is 5.79. The van der Waals surface area contributed by atoms with Crippen molar-refractivity contribution in [3.63, 3.8) is 0 Å². The fourth-order valence-electron chi connectivity index (χ4n) is 2.19. The number of carbonyl (C=O) groups is 1. The smallest absolute Gasteiger partial charge is 0.407 e. The number of rotatable bonds is 7. The van der Waals surface area contributed by atoms with Crippen LogP contribution in [0.25, 0.3) is 0 Å². The number of hydrogen-bond donors (Lipinski definition) is 3. The third kappa shape index (κ3) is 9.25. The predicted molar refractivity (Wildman–Crippen MR) is 105 cm³/mol. The predicted octanol–water partition coefficient (Wildman–Crippen LogP) is 2.34. The molecule has 26 heavy (non-hydrogen) atoms. The van der Waals surface area contributed by atoms with Crippen molar-refractivity contribution in [1.82, 2.24) is 20.9 Å². The van der Waals surface area contributed by atoms with E-state index in [4.69, 9.17) is 4.74 Å². The Morgan fingerprint density at radius 3 is 2.54 bits per heavy atom. The van der Waals surface area contributed by atoms with Crippen molar-refractivity contribution >= 4 is 12.1 Å². The van der Waals surface area contributed by atoms with E-state index in [9.17, 15) is 4.79 Å². The van der Waals surface area contributed by atoms with E-state index in [0.717, 1.165) is 18.7 Å². The van der Waals surface area contributed by atoms with E-state index in [1.165, 1.54) is 0 Å². The van der Waals surface area contributed by atoms with Gasteiger partial charge in [-0.15, -0.1) is 0 Å². The third-order valence-corrected chi connectivity index (χ3v) is 3.62. The Kier molecular flexibility index (Phi) is 8.88. The minimum absolute atomic E-state index is 0.0702. The number of aliphatic imine (C=N–C) groups is 1. The number of hydrogen-bond acceptors (Lipinski definition) is 4. The van der Waals surface area contributed by atoms with Gasteiger partial charge in [-0.25, -0.2) is 4.79 Å². The van der Waals surface area contributed by atoms with Crippen molar-refractivity contribution in [1.29, 1.82) is 0 Å². The minimum Gasteiger partial charge on any atom is -0.444 e. The van der Waals surface area contributed by atoms with Crippen molar-refractivity contribution in [3.05, 3.63) is 30.1 Å². The lowest BCUT2D eigenvalue weighted by molar-refractivity contribution is 0.0491. The molecule has 0 saturated heterocycles. The van der Waals surface area contributed by atoms with E-state index in [1.807, 2.05) is 39.0 Å². The molecule has 1 rings (SSSR count). The molecule has 0 saturated carbocycles.